The third kappa shape index (κ3) is 3.41. The highest BCUT2D eigenvalue weighted by atomic mass is 16.5. The van der Waals surface area contributed by atoms with E-state index in [0.717, 1.165) is 5.56 Å². The third-order valence-electron chi connectivity index (χ3n) is 1.90. The van der Waals surface area contributed by atoms with Crippen molar-refractivity contribution in [1.82, 2.24) is 0 Å². The maximum absolute atomic E-state index is 11.0. The molecule has 1 aromatic rings. The Kier molecular flexibility index (Phi) is 4.32. The maximum atomic E-state index is 11.0. The number of nitrogens with zero attached hydrogens (tertiary/aromatic N) is 1. The van der Waals surface area contributed by atoms with Crippen LogP contribution in [-0.4, -0.2) is 12.5 Å². The molecule has 1 amide bonds. The van der Waals surface area contributed by atoms with E-state index >= 15 is 0 Å². The van der Waals surface area contributed by atoms with Crippen molar-refractivity contribution in [2.45, 2.75) is 13.0 Å². The zero-order valence-electron chi connectivity index (χ0n) is 8.27. The Labute approximate surface area is 88.3 Å². The van der Waals surface area contributed by atoms with Crippen molar-refractivity contribution in [3.05, 3.63) is 35.4 Å². The van der Waals surface area contributed by atoms with Gasteiger partial charge in [-0.2, -0.15) is 5.26 Å². The monoisotopic (exact) mass is 204 g/mol. The van der Waals surface area contributed by atoms with Crippen LogP contribution in [0.25, 0.3) is 0 Å². The molecule has 1 rings (SSSR count). The largest absolute Gasteiger partial charge is 0.376 e. The first-order valence-corrected chi connectivity index (χ1v) is 4.58. The molecule has 0 spiro atoms. The highest BCUT2D eigenvalue weighted by Crippen LogP contribution is 2.09. The summed E-state index contributed by atoms with van der Waals surface area (Å²) in [5, 5.41) is 8.30. The molecule has 0 unspecified atom stereocenters. The number of hydrogen-bond donors (Lipinski definition) is 1. The van der Waals surface area contributed by atoms with Gasteiger partial charge in [0.2, 0.25) is 5.91 Å². The molecule has 0 saturated heterocycles. The standard InChI is InChI=1S/C11H12N2O2/c12-6-3-7-15-8-9-4-1-2-5-10(9)11(13)14/h1-2,4-5H,3,7-8H2,(H2,13,14). The molecule has 4 nitrogen and oxygen atoms in total. The smallest absolute Gasteiger partial charge is 0.249 e. The van der Waals surface area contributed by atoms with Gasteiger partial charge in [0.1, 0.15) is 0 Å². The molecule has 0 atom stereocenters. The van der Waals surface area contributed by atoms with Gasteiger partial charge in [-0.25, -0.2) is 0 Å². The first-order valence-electron chi connectivity index (χ1n) is 4.58. The molecule has 4 heteroatoms. The number of carbonyl (C=O) groups is 1. The van der Waals surface area contributed by atoms with Crippen LogP contribution in [0.15, 0.2) is 24.3 Å². The van der Waals surface area contributed by atoms with Crippen molar-refractivity contribution < 1.29 is 9.53 Å². The number of ether oxygens (including phenoxy) is 1. The van der Waals surface area contributed by atoms with E-state index in [1.165, 1.54) is 0 Å². The molecule has 1 aromatic carbocycles. The zero-order valence-corrected chi connectivity index (χ0v) is 8.27. The van der Waals surface area contributed by atoms with Crippen molar-refractivity contribution in [3.63, 3.8) is 0 Å². The van der Waals surface area contributed by atoms with Crippen LogP contribution in [0.3, 0.4) is 0 Å². The minimum atomic E-state index is -0.463. The van der Waals surface area contributed by atoms with Crippen LogP contribution in [0.1, 0.15) is 22.3 Å². The highest BCUT2D eigenvalue weighted by molar-refractivity contribution is 5.94. The predicted octanol–water partition coefficient (Wildman–Crippen LogP) is 1.22. The Balaban J connectivity index is 2.60. The van der Waals surface area contributed by atoms with Gasteiger partial charge in [-0.15, -0.1) is 0 Å². The first kappa shape index (κ1) is 11.2. The summed E-state index contributed by atoms with van der Waals surface area (Å²) in [7, 11) is 0. The number of amides is 1. The van der Waals surface area contributed by atoms with E-state index in [1.807, 2.05) is 12.1 Å². The molecule has 0 aliphatic heterocycles. The number of hydrogen-bond acceptors (Lipinski definition) is 3. The highest BCUT2D eigenvalue weighted by Gasteiger charge is 2.06. The van der Waals surface area contributed by atoms with Crippen molar-refractivity contribution in [3.8, 4) is 6.07 Å². The molecule has 0 aliphatic rings. The van der Waals surface area contributed by atoms with Gasteiger partial charge >= 0.3 is 0 Å². The number of carbonyl (C=O) groups excluding carboxylic acids is 1. The summed E-state index contributed by atoms with van der Waals surface area (Å²) in [5.41, 5.74) is 6.42. The van der Waals surface area contributed by atoms with Crippen LogP contribution in [0.2, 0.25) is 0 Å². The van der Waals surface area contributed by atoms with Gasteiger partial charge in [-0.05, 0) is 11.6 Å². The second-order valence-corrected chi connectivity index (χ2v) is 2.98. The fourth-order valence-electron chi connectivity index (χ4n) is 1.19. The van der Waals surface area contributed by atoms with Gasteiger partial charge < -0.3 is 10.5 Å². The predicted molar refractivity (Wildman–Crippen MR) is 54.8 cm³/mol. The van der Waals surface area contributed by atoms with Gasteiger partial charge in [0.15, 0.2) is 0 Å². The molecular formula is C11H12N2O2. The minimum Gasteiger partial charge on any atom is -0.376 e. The quantitative estimate of drug-likeness (QED) is 0.732. The van der Waals surface area contributed by atoms with Crippen molar-refractivity contribution in [2.75, 3.05) is 6.61 Å². The molecule has 15 heavy (non-hydrogen) atoms. The lowest BCUT2D eigenvalue weighted by Gasteiger charge is -2.06. The Morgan fingerprint density at radius 3 is 2.87 bits per heavy atom. The van der Waals surface area contributed by atoms with Crippen LogP contribution in [0.5, 0.6) is 0 Å². The van der Waals surface area contributed by atoms with Gasteiger partial charge in [0, 0.05) is 5.56 Å². The summed E-state index contributed by atoms with van der Waals surface area (Å²) >= 11 is 0. The van der Waals surface area contributed by atoms with E-state index in [4.69, 9.17) is 15.7 Å². The summed E-state index contributed by atoms with van der Waals surface area (Å²) in [6.07, 6.45) is 0.346. The molecule has 78 valence electrons. The van der Waals surface area contributed by atoms with E-state index in [0.29, 0.717) is 25.2 Å². The first-order chi connectivity index (χ1) is 7.25. The zero-order chi connectivity index (χ0) is 11.1. The fourth-order valence-corrected chi connectivity index (χ4v) is 1.19. The molecule has 0 radical (unpaired) electrons. The number of nitrogens with two attached hydrogens (primary N) is 1. The van der Waals surface area contributed by atoms with Crippen LogP contribution in [0, 0.1) is 11.3 Å². The topological polar surface area (TPSA) is 76.1 Å². The summed E-state index contributed by atoms with van der Waals surface area (Å²) in [6, 6.07) is 8.98. The normalized spacial score (nSPS) is 9.53. The summed E-state index contributed by atoms with van der Waals surface area (Å²) in [5.74, 6) is -0.463. The van der Waals surface area contributed by atoms with Gasteiger partial charge in [0.25, 0.3) is 0 Å². The number of benzene rings is 1. The summed E-state index contributed by atoms with van der Waals surface area (Å²) < 4.78 is 5.22. The average Bonchev–Trinajstić information content (AvgIpc) is 2.25. The fraction of sp³-hybridized carbons (Fsp3) is 0.273. The van der Waals surface area contributed by atoms with Crippen LogP contribution in [-0.2, 0) is 11.3 Å². The molecular weight excluding hydrogens is 192 g/mol. The molecule has 0 aromatic heterocycles. The van der Waals surface area contributed by atoms with E-state index < -0.39 is 5.91 Å². The maximum Gasteiger partial charge on any atom is 0.249 e. The number of primary amides is 1. The Hall–Kier alpha value is -1.86. The van der Waals surface area contributed by atoms with Crippen molar-refractivity contribution in [1.29, 1.82) is 5.26 Å². The molecule has 0 heterocycles. The van der Waals surface area contributed by atoms with Gasteiger partial charge in [0.05, 0.1) is 25.7 Å². The van der Waals surface area contributed by atoms with Gasteiger partial charge in [-0.3, -0.25) is 4.79 Å². The molecule has 2 N–H and O–H groups in total. The van der Waals surface area contributed by atoms with Gasteiger partial charge in [-0.1, -0.05) is 18.2 Å². The van der Waals surface area contributed by atoms with Crippen LogP contribution >= 0.6 is 0 Å². The van der Waals surface area contributed by atoms with Crippen LogP contribution in [0.4, 0.5) is 0 Å². The lowest BCUT2D eigenvalue weighted by Crippen LogP contribution is -2.14. The van der Waals surface area contributed by atoms with E-state index in [-0.39, 0.29) is 0 Å². The van der Waals surface area contributed by atoms with Crippen molar-refractivity contribution in [2.24, 2.45) is 5.73 Å². The number of rotatable bonds is 5. The Morgan fingerprint density at radius 2 is 2.20 bits per heavy atom. The SMILES string of the molecule is N#CCCOCc1ccccc1C(N)=O. The lowest BCUT2D eigenvalue weighted by atomic mass is 10.1. The molecule has 0 bridgehead atoms. The number of nitriles is 1. The molecule has 0 fully saturated rings. The molecule has 0 aliphatic carbocycles. The second-order valence-electron chi connectivity index (χ2n) is 2.98. The lowest BCUT2D eigenvalue weighted by molar-refractivity contribution is 0.0987. The van der Waals surface area contributed by atoms with E-state index in [9.17, 15) is 4.79 Å². The average molecular weight is 204 g/mol. The van der Waals surface area contributed by atoms with Crippen molar-refractivity contribution >= 4 is 5.91 Å². The third-order valence-corrected chi connectivity index (χ3v) is 1.90. The minimum absolute atomic E-state index is 0.306. The molecule has 0 saturated carbocycles. The second kappa shape index (κ2) is 5.78. The summed E-state index contributed by atoms with van der Waals surface area (Å²) in [6.45, 7) is 0.671. The van der Waals surface area contributed by atoms with Crippen LogP contribution < -0.4 is 5.73 Å². The summed E-state index contributed by atoms with van der Waals surface area (Å²) in [4.78, 5) is 11.0. The Morgan fingerprint density at radius 1 is 1.47 bits per heavy atom. The van der Waals surface area contributed by atoms with E-state index in [2.05, 4.69) is 0 Å². The Bertz CT molecular complexity index is 382. The van der Waals surface area contributed by atoms with E-state index in [1.54, 1.807) is 18.2 Å².